The van der Waals surface area contributed by atoms with Crippen molar-refractivity contribution in [2.24, 2.45) is 5.92 Å². The van der Waals surface area contributed by atoms with Crippen LogP contribution in [0.1, 0.15) is 25.0 Å². The highest BCUT2D eigenvalue weighted by atomic mass is 32.2. The number of non-ortho nitro benzene ring substituents is 1. The molecule has 0 radical (unpaired) electrons. The van der Waals surface area contributed by atoms with Gasteiger partial charge in [-0.15, -0.1) is 0 Å². The summed E-state index contributed by atoms with van der Waals surface area (Å²) in [6.45, 7) is 3.65. The molecule has 3 N–H and O–H groups in total. The quantitative estimate of drug-likeness (QED) is 0.193. The molecular weight excluding hydrogens is 538 g/mol. The third-order valence-electron chi connectivity index (χ3n) is 6.05. The summed E-state index contributed by atoms with van der Waals surface area (Å²) < 4.78 is 33.6. The normalized spacial score (nSPS) is 13.1. The summed E-state index contributed by atoms with van der Waals surface area (Å²) in [6, 6.07) is 20.1. The number of sulfonamides is 1. The minimum absolute atomic E-state index is 0.0453. The number of hydrogen-bond donors (Lipinski definition) is 3. The predicted octanol–water partition coefficient (Wildman–Crippen LogP) is 4.06. The fraction of sp³-hybridized carbons (Fsp3) is 0.321. The van der Waals surface area contributed by atoms with Crippen LogP contribution in [-0.2, 0) is 23.1 Å². The van der Waals surface area contributed by atoms with Gasteiger partial charge in [-0.1, -0.05) is 56.3 Å². The molecule has 0 aliphatic carbocycles. The van der Waals surface area contributed by atoms with E-state index in [4.69, 9.17) is 4.74 Å². The van der Waals surface area contributed by atoms with E-state index >= 15 is 0 Å². The summed E-state index contributed by atoms with van der Waals surface area (Å²) in [5, 5.41) is 33.7. The molecule has 11 nitrogen and oxygen atoms in total. The van der Waals surface area contributed by atoms with Crippen molar-refractivity contribution in [3.63, 3.8) is 0 Å². The highest BCUT2D eigenvalue weighted by Crippen LogP contribution is 2.22. The third-order valence-corrected chi connectivity index (χ3v) is 7.89. The van der Waals surface area contributed by atoms with Gasteiger partial charge in [0.25, 0.3) is 5.69 Å². The lowest BCUT2D eigenvalue weighted by Gasteiger charge is -2.30. The van der Waals surface area contributed by atoms with Gasteiger partial charge in [-0.05, 0) is 47.7 Å². The van der Waals surface area contributed by atoms with Crippen molar-refractivity contribution in [2.75, 3.05) is 13.1 Å². The van der Waals surface area contributed by atoms with Crippen molar-refractivity contribution in [1.29, 1.82) is 0 Å². The van der Waals surface area contributed by atoms with Crippen LogP contribution in [0.25, 0.3) is 0 Å². The van der Waals surface area contributed by atoms with Crippen molar-refractivity contribution in [1.82, 2.24) is 9.62 Å². The lowest BCUT2D eigenvalue weighted by atomic mass is 10.0. The summed E-state index contributed by atoms with van der Waals surface area (Å²) >= 11 is 0. The van der Waals surface area contributed by atoms with Crippen LogP contribution in [0, 0.1) is 16.0 Å². The molecule has 3 aromatic rings. The second-order valence-electron chi connectivity index (χ2n) is 9.71. The molecule has 0 aliphatic heterocycles. The van der Waals surface area contributed by atoms with Crippen LogP contribution >= 0.6 is 0 Å². The van der Waals surface area contributed by atoms with Gasteiger partial charge in [0.05, 0.1) is 22.0 Å². The van der Waals surface area contributed by atoms with E-state index in [2.05, 4.69) is 5.32 Å². The van der Waals surface area contributed by atoms with Crippen LogP contribution in [0.4, 0.5) is 10.5 Å². The average molecular weight is 572 g/mol. The Morgan fingerprint density at radius 2 is 1.60 bits per heavy atom. The molecule has 0 bridgehead atoms. The Kier molecular flexibility index (Phi) is 10.6. The topological polar surface area (TPSA) is 159 Å². The Morgan fingerprint density at radius 1 is 0.975 bits per heavy atom. The van der Waals surface area contributed by atoms with E-state index in [9.17, 15) is 33.5 Å². The number of nitrogens with zero attached hydrogens (tertiary/aromatic N) is 2. The largest absolute Gasteiger partial charge is 0.489 e. The molecule has 1 amide bonds. The minimum atomic E-state index is -4.14. The van der Waals surface area contributed by atoms with Crippen LogP contribution in [0.3, 0.4) is 0 Å². The van der Waals surface area contributed by atoms with Crippen LogP contribution in [-0.4, -0.2) is 59.2 Å². The zero-order valence-corrected chi connectivity index (χ0v) is 23.0. The SMILES string of the molecule is CC(C)CN(C[C@@H](O)[C@H](Cc1ccc(OCc2ccccc2)cc1)NC(=O)O)S(=O)(=O)c1ccc([N+](=O)[O-])cc1. The van der Waals surface area contributed by atoms with E-state index in [-0.39, 0.29) is 36.0 Å². The van der Waals surface area contributed by atoms with Gasteiger partial charge in [-0.2, -0.15) is 4.31 Å². The number of ether oxygens (including phenoxy) is 1. The number of hydrogen-bond acceptors (Lipinski definition) is 7. The minimum Gasteiger partial charge on any atom is -0.489 e. The molecule has 0 spiro atoms. The highest BCUT2D eigenvalue weighted by molar-refractivity contribution is 7.89. The van der Waals surface area contributed by atoms with Crippen molar-refractivity contribution in [3.8, 4) is 5.75 Å². The molecule has 3 aromatic carbocycles. The van der Waals surface area contributed by atoms with Crippen molar-refractivity contribution < 1.29 is 33.1 Å². The van der Waals surface area contributed by atoms with Gasteiger partial charge in [0.15, 0.2) is 0 Å². The van der Waals surface area contributed by atoms with Crippen molar-refractivity contribution >= 4 is 21.8 Å². The first-order valence-corrected chi connectivity index (χ1v) is 14.1. The number of nitro benzene ring substituents is 1. The zero-order valence-electron chi connectivity index (χ0n) is 22.2. The standard InChI is InChI=1S/C28H33N3O8S/c1-20(2)17-30(40(37,38)25-14-10-23(11-15-25)31(35)36)18-27(32)26(29-28(33)34)16-21-8-12-24(13-9-21)39-19-22-6-4-3-5-7-22/h3-15,20,26-27,29,32H,16-19H2,1-2H3,(H,33,34)/t26-,27+/m0/s1. The number of rotatable bonds is 14. The number of nitro groups is 1. The average Bonchev–Trinajstić information content (AvgIpc) is 2.92. The van der Waals surface area contributed by atoms with E-state index < -0.39 is 33.2 Å². The molecule has 0 saturated carbocycles. The lowest BCUT2D eigenvalue weighted by molar-refractivity contribution is -0.384. The first kappa shape index (κ1) is 30.5. The smallest absolute Gasteiger partial charge is 0.404 e. The molecule has 2 atom stereocenters. The van der Waals surface area contributed by atoms with E-state index in [1.165, 1.54) is 0 Å². The summed E-state index contributed by atoms with van der Waals surface area (Å²) in [7, 11) is -4.14. The first-order chi connectivity index (χ1) is 19.0. The Bertz CT molecular complexity index is 1360. The number of carboxylic acid groups (broad SMARTS) is 1. The Hall–Kier alpha value is -4.00. The second kappa shape index (κ2) is 13.9. The monoisotopic (exact) mass is 571 g/mol. The highest BCUT2D eigenvalue weighted by Gasteiger charge is 2.31. The summed E-state index contributed by atoms with van der Waals surface area (Å²) in [6.07, 6.45) is -2.66. The van der Waals surface area contributed by atoms with Gasteiger partial charge in [0.1, 0.15) is 12.4 Å². The van der Waals surface area contributed by atoms with E-state index in [1.807, 2.05) is 30.3 Å². The van der Waals surface area contributed by atoms with Gasteiger partial charge < -0.3 is 20.3 Å². The fourth-order valence-electron chi connectivity index (χ4n) is 4.06. The maximum atomic E-state index is 13.4. The van der Waals surface area contributed by atoms with E-state index in [0.29, 0.717) is 17.9 Å². The van der Waals surface area contributed by atoms with E-state index in [1.54, 1.807) is 38.1 Å². The number of nitrogens with one attached hydrogen (secondary N) is 1. The van der Waals surface area contributed by atoms with Gasteiger partial charge in [-0.25, -0.2) is 13.2 Å². The molecule has 40 heavy (non-hydrogen) atoms. The van der Waals surface area contributed by atoms with Crippen LogP contribution in [0.5, 0.6) is 5.75 Å². The molecule has 12 heteroatoms. The molecule has 3 rings (SSSR count). The number of benzene rings is 3. The number of amides is 1. The van der Waals surface area contributed by atoms with E-state index in [0.717, 1.165) is 34.1 Å². The zero-order chi connectivity index (χ0) is 29.3. The Morgan fingerprint density at radius 3 is 2.15 bits per heavy atom. The van der Waals surface area contributed by atoms with Crippen LogP contribution < -0.4 is 10.1 Å². The maximum absolute atomic E-state index is 13.4. The molecule has 214 valence electrons. The molecule has 0 fully saturated rings. The maximum Gasteiger partial charge on any atom is 0.404 e. The molecule has 0 heterocycles. The number of carbonyl (C=O) groups is 1. The molecule has 0 aliphatic rings. The summed E-state index contributed by atoms with van der Waals surface area (Å²) in [5.41, 5.74) is 1.46. The summed E-state index contributed by atoms with van der Waals surface area (Å²) in [5.74, 6) is 0.502. The molecule has 0 unspecified atom stereocenters. The Balaban J connectivity index is 1.74. The summed E-state index contributed by atoms with van der Waals surface area (Å²) in [4.78, 5) is 21.7. The number of aliphatic hydroxyl groups is 1. The lowest BCUT2D eigenvalue weighted by Crippen LogP contribution is -2.50. The van der Waals surface area contributed by atoms with Gasteiger partial charge >= 0.3 is 6.09 Å². The first-order valence-electron chi connectivity index (χ1n) is 12.6. The molecule has 0 aromatic heterocycles. The Labute approximate surface area is 233 Å². The fourth-order valence-corrected chi connectivity index (χ4v) is 5.68. The van der Waals surface area contributed by atoms with Crippen LogP contribution in [0.2, 0.25) is 0 Å². The second-order valence-corrected chi connectivity index (χ2v) is 11.7. The molecular formula is C28H33N3O8S. The number of aliphatic hydroxyl groups excluding tert-OH is 1. The third kappa shape index (κ3) is 8.76. The van der Waals surface area contributed by atoms with Crippen molar-refractivity contribution in [3.05, 3.63) is 100 Å². The molecule has 0 saturated heterocycles. The van der Waals surface area contributed by atoms with Gasteiger partial charge in [0.2, 0.25) is 10.0 Å². The predicted molar refractivity (Wildman–Crippen MR) is 149 cm³/mol. The van der Waals surface area contributed by atoms with Gasteiger partial charge in [0, 0.05) is 25.2 Å². The van der Waals surface area contributed by atoms with Gasteiger partial charge in [-0.3, -0.25) is 10.1 Å². The van der Waals surface area contributed by atoms with Crippen LogP contribution in [0.15, 0.2) is 83.8 Å². The van der Waals surface area contributed by atoms with Crippen molar-refractivity contribution in [2.45, 2.75) is 43.9 Å².